The number of hydrogen-bond donors (Lipinski definition) is 1. The first-order valence-corrected chi connectivity index (χ1v) is 10.5. The first-order valence-electron chi connectivity index (χ1n) is 9.59. The smallest absolute Gasteiger partial charge is 0.256 e. The average molecular weight is 391 g/mol. The van der Waals surface area contributed by atoms with Gasteiger partial charge in [-0.05, 0) is 30.7 Å². The maximum Gasteiger partial charge on any atom is 0.256 e. The van der Waals surface area contributed by atoms with Crippen LogP contribution in [0, 0.1) is 0 Å². The van der Waals surface area contributed by atoms with Crippen LogP contribution >= 0.6 is 11.3 Å². The van der Waals surface area contributed by atoms with Crippen molar-refractivity contribution in [2.24, 2.45) is 0 Å². The maximum atomic E-state index is 13.6. The Labute approximate surface area is 167 Å². The normalized spacial score (nSPS) is 20.1. The van der Waals surface area contributed by atoms with E-state index >= 15 is 0 Å². The van der Waals surface area contributed by atoms with Crippen molar-refractivity contribution in [3.63, 3.8) is 0 Å². The summed E-state index contributed by atoms with van der Waals surface area (Å²) in [6, 6.07) is 10.7. The molecule has 0 aliphatic carbocycles. The first kappa shape index (κ1) is 17.4. The highest BCUT2D eigenvalue weighted by Crippen LogP contribution is 2.30. The van der Waals surface area contributed by atoms with Crippen LogP contribution in [0.25, 0.3) is 27.7 Å². The SMILES string of the molecule is CC1CN(C(=O)c2cn3c(-c4ccsc4)ncc3c3ccccc23)C(C)CN1. The number of thiophene rings is 1. The second-order valence-electron chi connectivity index (χ2n) is 7.55. The standard InChI is InChI=1S/C22H22N4OS/c1-14-11-25(15(2)9-23-14)22(27)19-12-26-20(18-6-4-3-5-17(18)19)10-24-21(26)16-7-8-28-13-16/h3-8,10,12-15,23H,9,11H2,1-2H3. The van der Waals surface area contributed by atoms with E-state index in [0.717, 1.165) is 39.8 Å². The van der Waals surface area contributed by atoms with Crippen molar-refractivity contribution in [3.05, 3.63) is 59.0 Å². The topological polar surface area (TPSA) is 49.6 Å². The number of hydrogen-bond acceptors (Lipinski definition) is 4. The number of nitrogens with one attached hydrogen (secondary N) is 1. The van der Waals surface area contributed by atoms with E-state index in [4.69, 9.17) is 0 Å². The number of imidazole rings is 1. The zero-order valence-electron chi connectivity index (χ0n) is 15.9. The quantitative estimate of drug-likeness (QED) is 0.562. The Kier molecular flexibility index (Phi) is 4.18. The molecule has 0 saturated carbocycles. The lowest BCUT2D eigenvalue weighted by atomic mass is 10.0. The maximum absolute atomic E-state index is 13.6. The molecule has 142 valence electrons. The molecule has 1 aromatic carbocycles. The molecule has 2 unspecified atom stereocenters. The van der Waals surface area contributed by atoms with Crippen LogP contribution in [0.1, 0.15) is 24.2 Å². The number of nitrogens with zero attached hydrogens (tertiary/aromatic N) is 3. The largest absolute Gasteiger partial charge is 0.333 e. The molecule has 0 radical (unpaired) electrons. The molecule has 4 aromatic rings. The number of carbonyl (C=O) groups excluding carboxylic acids is 1. The fourth-order valence-corrected chi connectivity index (χ4v) is 4.70. The van der Waals surface area contributed by atoms with Crippen LogP contribution in [0.3, 0.4) is 0 Å². The highest BCUT2D eigenvalue weighted by molar-refractivity contribution is 7.08. The van der Waals surface area contributed by atoms with Gasteiger partial charge in [0.2, 0.25) is 0 Å². The van der Waals surface area contributed by atoms with Crippen molar-refractivity contribution < 1.29 is 4.79 Å². The average Bonchev–Trinajstić information content (AvgIpc) is 3.38. The van der Waals surface area contributed by atoms with E-state index < -0.39 is 0 Å². The van der Waals surface area contributed by atoms with E-state index in [1.165, 1.54) is 0 Å². The number of rotatable bonds is 2. The molecule has 0 spiro atoms. The predicted octanol–water partition coefficient (Wildman–Crippen LogP) is 4.04. The Morgan fingerprint density at radius 2 is 2.04 bits per heavy atom. The molecule has 1 saturated heterocycles. The Hall–Kier alpha value is -2.70. The van der Waals surface area contributed by atoms with Crippen LogP contribution in [0.2, 0.25) is 0 Å². The molecule has 28 heavy (non-hydrogen) atoms. The van der Waals surface area contributed by atoms with Crippen LogP contribution in [-0.2, 0) is 0 Å². The minimum absolute atomic E-state index is 0.0870. The Bertz CT molecular complexity index is 1160. The number of amides is 1. The molecule has 1 N–H and O–H groups in total. The summed E-state index contributed by atoms with van der Waals surface area (Å²) in [5.41, 5.74) is 2.83. The third kappa shape index (κ3) is 2.72. The molecule has 1 aliphatic rings. The van der Waals surface area contributed by atoms with Crippen LogP contribution in [0.5, 0.6) is 0 Å². The van der Waals surface area contributed by atoms with E-state index in [1.54, 1.807) is 11.3 Å². The molecule has 1 aliphatic heterocycles. The van der Waals surface area contributed by atoms with Crippen molar-refractivity contribution in [2.75, 3.05) is 13.1 Å². The summed E-state index contributed by atoms with van der Waals surface area (Å²) in [7, 11) is 0. The van der Waals surface area contributed by atoms with E-state index in [1.807, 2.05) is 40.9 Å². The van der Waals surface area contributed by atoms with Gasteiger partial charge in [0.25, 0.3) is 5.91 Å². The van der Waals surface area contributed by atoms with Crippen LogP contribution < -0.4 is 5.32 Å². The summed E-state index contributed by atoms with van der Waals surface area (Å²) < 4.78 is 2.06. The third-order valence-corrected chi connectivity index (χ3v) is 6.27. The molecule has 0 bridgehead atoms. The van der Waals surface area contributed by atoms with Gasteiger partial charge in [-0.1, -0.05) is 24.3 Å². The molecule has 5 rings (SSSR count). The molecule has 1 amide bonds. The van der Waals surface area contributed by atoms with E-state index in [0.29, 0.717) is 12.6 Å². The van der Waals surface area contributed by atoms with Crippen molar-refractivity contribution in [1.29, 1.82) is 0 Å². The Morgan fingerprint density at radius 3 is 2.82 bits per heavy atom. The van der Waals surface area contributed by atoms with Gasteiger partial charge in [0, 0.05) is 47.7 Å². The molecule has 1 fully saturated rings. The van der Waals surface area contributed by atoms with Crippen LogP contribution in [0.15, 0.2) is 53.5 Å². The number of fused-ring (bicyclic) bond motifs is 3. The lowest BCUT2D eigenvalue weighted by molar-refractivity contribution is 0.0618. The van der Waals surface area contributed by atoms with Crippen molar-refractivity contribution in [3.8, 4) is 11.4 Å². The van der Waals surface area contributed by atoms with E-state index in [9.17, 15) is 4.79 Å². The number of piperazine rings is 1. The number of pyridine rings is 1. The van der Waals surface area contributed by atoms with Crippen molar-refractivity contribution in [2.45, 2.75) is 25.9 Å². The lowest BCUT2D eigenvalue weighted by Gasteiger charge is -2.37. The lowest BCUT2D eigenvalue weighted by Crippen LogP contribution is -2.56. The zero-order valence-corrected chi connectivity index (χ0v) is 16.7. The number of carbonyl (C=O) groups is 1. The number of benzene rings is 1. The highest BCUT2D eigenvalue weighted by Gasteiger charge is 2.29. The summed E-state index contributed by atoms with van der Waals surface area (Å²) in [6.07, 6.45) is 3.87. The highest BCUT2D eigenvalue weighted by atomic mass is 32.1. The van der Waals surface area contributed by atoms with Gasteiger partial charge in [0.15, 0.2) is 0 Å². The van der Waals surface area contributed by atoms with Crippen molar-refractivity contribution >= 4 is 33.5 Å². The van der Waals surface area contributed by atoms with Gasteiger partial charge in [-0.25, -0.2) is 4.98 Å². The monoisotopic (exact) mass is 390 g/mol. The first-order chi connectivity index (χ1) is 13.6. The predicted molar refractivity (Wildman–Crippen MR) is 114 cm³/mol. The second-order valence-corrected chi connectivity index (χ2v) is 8.33. The summed E-state index contributed by atoms with van der Waals surface area (Å²) in [5, 5.41) is 9.62. The molecular weight excluding hydrogens is 368 g/mol. The molecule has 5 nitrogen and oxygen atoms in total. The zero-order chi connectivity index (χ0) is 19.3. The minimum atomic E-state index is 0.0870. The van der Waals surface area contributed by atoms with Crippen LogP contribution in [0.4, 0.5) is 0 Å². The summed E-state index contributed by atoms with van der Waals surface area (Å²) in [5.74, 6) is 0.960. The Morgan fingerprint density at radius 1 is 1.21 bits per heavy atom. The second kappa shape index (κ2) is 6.72. The molecule has 4 heterocycles. The Balaban J connectivity index is 1.73. The third-order valence-electron chi connectivity index (χ3n) is 5.58. The number of aromatic nitrogens is 2. The summed E-state index contributed by atoms with van der Waals surface area (Å²) >= 11 is 1.65. The fraction of sp³-hybridized carbons (Fsp3) is 0.273. The summed E-state index contributed by atoms with van der Waals surface area (Å²) in [4.78, 5) is 20.3. The minimum Gasteiger partial charge on any atom is -0.333 e. The molecular formula is C22H22N4OS. The van der Waals surface area contributed by atoms with Gasteiger partial charge in [-0.15, -0.1) is 0 Å². The van der Waals surface area contributed by atoms with Gasteiger partial charge in [0.05, 0.1) is 17.3 Å². The van der Waals surface area contributed by atoms with Gasteiger partial charge < -0.3 is 10.2 Å². The van der Waals surface area contributed by atoms with E-state index in [-0.39, 0.29) is 11.9 Å². The molecule has 6 heteroatoms. The van der Waals surface area contributed by atoms with Gasteiger partial charge in [-0.2, -0.15) is 11.3 Å². The molecule has 2 atom stereocenters. The summed E-state index contributed by atoms with van der Waals surface area (Å²) in [6.45, 7) is 5.76. The van der Waals surface area contributed by atoms with Gasteiger partial charge in [-0.3, -0.25) is 9.20 Å². The van der Waals surface area contributed by atoms with Gasteiger partial charge in [0.1, 0.15) is 5.82 Å². The molecule has 3 aromatic heterocycles. The van der Waals surface area contributed by atoms with E-state index in [2.05, 4.69) is 46.1 Å². The fourth-order valence-electron chi connectivity index (χ4n) is 4.07. The van der Waals surface area contributed by atoms with Crippen molar-refractivity contribution in [1.82, 2.24) is 19.6 Å². The van der Waals surface area contributed by atoms with Gasteiger partial charge >= 0.3 is 0 Å². The van der Waals surface area contributed by atoms with Crippen LogP contribution in [-0.4, -0.2) is 45.4 Å².